The van der Waals surface area contributed by atoms with E-state index in [2.05, 4.69) is 15.3 Å². The Hall–Kier alpha value is -1.11. The van der Waals surface area contributed by atoms with Crippen molar-refractivity contribution in [3.63, 3.8) is 0 Å². The molecule has 0 saturated carbocycles. The summed E-state index contributed by atoms with van der Waals surface area (Å²) in [5, 5.41) is 7.49. The highest BCUT2D eigenvalue weighted by atomic mass is 35.5. The summed E-state index contributed by atoms with van der Waals surface area (Å²) in [6.07, 6.45) is 5.25. The molecule has 0 radical (unpaired) electrons. The van der Waals surface area contributed by atoms with Crippen LogP contribution in [0.5, 0.6) is 0 Å². The normalized spacial score (nSPS) is 15.5. The van der Waals surface area contributed by atoms with E-state index in [1.165, 1.54) is 30.6 Å². The van der Waals surface area contributed by atoms with Gasteiger partial charge in [-0.3, -0.25) is 4.79 Å². The molecule has 2 heterocycles. The van der Waals surface area contributed by atoms with Gasteiger partial charge in [0.2, 0.25) is 0 Å². The largest absolute Gasteiger partial charge is 0.383 e. The number of halogens is 1. The molecule has 0 aromatic carbocycles. The molecule has 118 valence electrons. The van der Waals surface area contributed by atoms with Crippen molar-refractivity contribution in [3.8, 4) is 0 Å². The first-order valence-corrected chi connectivity index (χ1v) is 7.81. The Morgan fingerprint density at radius 2 is 2.14 bits per heavy atom. The fraction of sp³-hybridized carbons (Fsp3) is 0.714. The molecule has 0 spiro atoms. The Labute approximate surface area is 130 Å². The van der Waals surface area contributed by atoms with Crippen molar-refractivity contribution < 1.29 is 4.74 Å². The standard InChI is InChI=1S/C14H23ClN4O2/c1-21-10-9-19-14(20)13(15)12(11-17-19)16-5-4-8-18-6-2-3-7-18/h11,16H,2-10H2,1H3. The third-order valence-electron chi connectivity index (χ3n) is 3.66. The number of ether oxygens (including phenoxy) is 1. The zero-order chi connectivity index (χ0) is 15.1. The van der Waals surface area contributed by atoms with Gasteiger partial charge in [0.25, 0.3) is 5.56 Å². The molecule has 0 unspecified atom stereocenters. The maximum atomic E-state index is 12.0. The van der Waals surface area contributed by atoms with Crippen LogP contribution in [0.2, 0.25) is 5.02 Å². The van der Waals surface area contributed by atoms with Gasteiger partial charge in [0.15, 0.2) is 0 Å². The average Bonchev–Trinajstić information content (AvgIpc) is 3.00. The Balaban J connectivity index is 1.82. The second-order valence-corrected chi connectivity index (χ2v) is 5.60. The van der Waals surface area contributed by atoms with Crippen LogP contribution in [0, 0.1) is 0 Å². The third kappa shape index (κ3) is 4.69. The van der Waals surface area contributed by atoms with Gasteiger partial charge in [-0.1, -0.05) is 11.6 Å². The molecule has 0 amide bonds. The molecule has 1 aliphatic heterocycles. The smallest absolute Gasteiger partial charge is 0.287 e. The second kappa shape index (κ2) is 8.36. The zero-order valence-corrected chi connectivity index (χ0v) is 13.2. The molecule has 21 heavy (non-hydrogen) atoms. The number of hydrogen-bond acceptors (Lipinski definition) is 5. The minimum absolute atomic E-state index is 0.197. The van der Waals surface area contributed by atoms with Crippen molar-refractivity contribution in [1.82, 2.24) is 14.7 Å². The predicted octanol–water partition coefficient (Wildman–Crippen LogP) is 1.44. The first kappa shape index (κ1) is 16.3. The number of anilines is 1. The molecule has 1 aromatic heterocycles. The van der Waals surface area contributed by atoms with Crippen molar-refractivity contribution in [2.24, 2.45) is 0 Å². The minimum atomic E-state index is -0.279. The van der Waals surface area contributed by atoms with E-state index in [4.69, 9.17) is 16.3 Å². The van der Waals surface area contributed by atoms with Gasteiger partial charge in [0.05, 0.1) is 25.0 Å². The van der Waals surface area contributed by atoms with Crippen LogP contribution in [0.3, 0.4) is 0 Å². The number of rotatable bonds is 8. The number of nitrogens with one attached hydrogen (secondary N) is 1. The molecule has 0 aliphatic carbocycles. The average molecular weight is 315 g/mol. The van der Waals surface area contributed by atoms with Gasteiger partial charge in [0, 0.05) is 13.7 Å². The van der Waals surface area contributed by atoms with Crippen LogP contribution in [0.4, 0.5) is 5.69 Å². The molecular formula is C14H23ClN4O2. The lowest BCUT2D eigenvalue weighted by atomic mass is 10.3. The molecule has 0 atom stereocenters. The fourth-order valence-electron chi connectivity index (χ4n) is 2.46. The number of aromatic nitrogens is 2. The van der Waals surface area contributed by atoms with Gasteiger partial charge >= 0.3 is 0 Å². The van der Waals surface area contributed by atoms with Gasteiger partial charge in [-0.05, 0) is 38.9 Å². The first-order valence-electron chi connectivity index (χ1n) is 7.43. The van der Waals surface area contributed by atoms with E-state index >= 15 is 0 Å². The van der Waals surface area contributed by atoms with Crippen molar-refractivity contribution in [3.05, 3.63) is 21.6 Å². The van der Waals surface area contributed by atoms with E-state index in [9.17, 15) is 4.79 Å². The van der Waals surface area contributed by atoms with Gasteiger partial charge in [-0.2, -0.15) is 5.10 Å². The van der Waals surface area contributed by atoms with E-state index < -0.39 is 0 Å². The summed E-state index contributed by atoms with van der Waals surface area (Å²) in [6.45, 7) is 5.13. The van der Waals surface area contributed by atoms with Gasteiger partial charge in [0.1, 0.15) is 5.02 Å². The highest BCUT2D eigenvalue weighted by Gasteiger charge is 2.11. The van der Waals surface area contributed by atoms with Crippen molar-refractivity contribution >= 4 is 17.3 Å². The second-order valence-electron chi connectivity index (χ2n) is 5.22. The van der Waals surface area contributed by atoms with Crippen LogP contribution in [-0.4, -0.2) is 54.6 Å². The Morgan fingerprint density at radius 1 is 1.38 bits per heavy atom. The summed E-state index contributed by atoms with van der Waals surface area (Å²) in [5.41, 5.74) is 0.329. The van der Waals surface area contributed by atoms with Crippen molar-refractivity contribution in [2.75, 3.05) is 45.2 Å². The topological polar surface area (TPSA) is 59.4 Å². The molecular weight excluding hydrogens is 292 g/mol. The number of hydrogen-bond donors (Lipinski definition) is 1. The maximum Gasteiger partial charge on any atom is 0.287 e. The maximum absolute atomic E-state index is 12.0. The zero-order valence-electron chi connectivity index (χ0n) is 12.5. The highest BCUT2D eigenvalue weighted by molar-refractivity contribution is 6.32. The van der Waals surface area contributed by atoms with Crippen LogP contribution in [0.1, 0.15) is 19.3 Å². The SMILES string of the molecule is COCCn1ncc(NCCCN2CCCC2)c(Cl)c1=O. The monoisotopic (exact) mass is 314 g/mol. The van der Waals surface area contributed by atoms with Crippen molar-refractivity contribution in [2.45, 2.75) is 25.8 Å². The van der Waals surface area contributed by atoms with E-state index in [-0.39, 0.29) is 10.6 Å². The molecule has 1 aliphatic rings. The van der Waals surface area contributed by atoms with Crippen LogP contribution < -0.4 is 10.9 Å². The first-order chi connectivity index (χ1) is 10.2. The van der Waals surface area contributed by atoms with E-state index in [0.29, 0.717) is 18.8 Å². The molecule has 1 saturated heterocycles. The molecule has 6 nitrogen and oxygen atoms in total. The summed E-state index contributed by atoms with van der Waals surface area (Å²) >= 11 is 6.10. The third-order valence-corrected chi connectivity index (χ3v) is 4.02. The molecule has 7 heteroatoms. The molecule has 0 bridgehead atoms. The van der Waals surface area contributed by atoms with Gasteiger partial charge in [-0.15, -0.1) is 0 Å². The molecule has 1 fully saturated rings. The summed E-state index contributed by atoms with van der Waals surface area (Å²) < 4.78 is 6.26. The van der Waals surface area contributed by atoms with E-state index in [1.54, 1.807) is 13.3 Å². The van der Waals surface area contributed by atoms with E-state index in [1.807, 2.05) is 0 Å². The molecule has 1 aromatic rings. The minimum Gasteiger partial charge on any atom is -0.383 e. The number of likely N-dealkylation sites (tertiary alicyclic amines) is 1. The fourth-order valence-corrected chi connectivity index (χ4v) is 2.67. The number of methoxy groups -OCH3 is 1. The number of nitrogens with zero attached hydrogens (tertiary/aromatic N) is 3. The molecule has 2 rings (SSSR count). The van der Waals surface area contributed by atoms with Crippen molar-refractivity contribution in [1.29, 1.82) is 0 Å². The summed E-state index contributed by atoms with van der Waals surface area (Å²) in [5.74, 6) is 0. The lowest BCUT2D eigenvalue weighted by Gasteiger charge is -2.15. The van der Waals surface area contributed by atoms with Crippen LogP contribution in [0.15, 0.2) is 11.0 Å². The lowest BCUT2D eigenvalue weighted by Crippen LogP contribution is -2.26. The molecule has 1 N–H and O–H groups in total. The highest BCUT2D eigenvalue weighted by Crippen LogP contribution is 2.15. The van der Waals surface area contributed by atoms with Crippen LogP contribution in [-0.2, 0) is 11.3 Å². The Morgan fingerprint density at radius 3 is 2.86 bits per heavy atom. The van der Waals surface area contributed by atoms with Crippen LogP contribution >= 0.6 is 11.6 Å². The van der Waals surface area contributed by atoms with E-state index in [0.717, 1.165) is 19.5 Å². The van der Waals surface area contributed by atoms with Gasteiger partial charge < -0.3 is 15.0 Å². The Bertz CT molecular complexity index is 500. The summed E-state index contributed by atoms with van der Waals surface area (Å²) in [4.78, 5) is 14.5. The van der Waals surface area contributed by atoms with Gasteiger partial charge in [-0.25, -0.2) is 4.68 Å². The quantitative estimate of drug-likeness (QED) is 0.736. The lowest BCUT2D eigenvalue weighted by molar-refractivity contribution is 0.182. The Kier molecular flexibility index (Phi) is 6.48. The summed E-state index contributed by atoms with van der Waals surface area (Å²) in [7, 11) is 1.59. The predicted molar refractivity (Wildman–Crippen MR) is 84.2 cm³/mol. The summed E-state index contributed by atoms with van der Waals surface area (Å²) in [6, 6.07) is 0. The van der Waals surface area contributed by atoms with Crippen LogP contribution in [0.25, 0.3) is 0 Å².